The quantitative estimate of drug-likeness (QED) is 0.191. The Bertz CT molecular complexity index is 2320. The summed E-state index contributed by atoms with van der Waals surface area (Å²) in [6, 6.07) is 30.4. The maximum Gasteiger partial charge on any atom is 0.0972 e. The van der Waals surface area contributed by atoms with E-state index in [1.165, 1.54) is 44.5 Å². The Balaban J connectivity index is 1.21. The van der Waals surface area contributed by atoms with Crippen LogP contribution in [0.15, 0.2) is 97.3 Å². The van der Waals surface area contributed by atoms with Crippen molar-refractivity contribution in [2.75, 3.05) is 0 Å². The number of hydrogen-bond acceptors (Lipinski definition) is 4. The van der Waals surface area contributed by atoms with Gasteiger partial charge in [-0.1, -0.05) is 71.8 Å². The molecule has 0 bridgehead atoms. The molecule has 0 spiro atoms. The lowest BCUT2D eigenvalue weighted by molar-refractivity contribution is 1.28. The third-order valence-corrected chi connectivity index (χ3v) is 9.22. The topological polar surface area (TPSA) is 51.6 Å². The fraction of sp³-hybridized carbons (Fsp3) is 0.143. The molecular weight excluding hydrogens is 560 g/mol. The van der Waals surface area contributed by atoms with Crippen LogP contribution in [0.1, 0.15) is 33.4 Å². The van der Waals surface area contributed by atoms with Gasteiger partial charge in [0.1, 0.15) is 0 Å². The molecule has 222 valence electrons. The molecule has 0 aliphatic carbocycles. The standard InChI is InChI=1S/C42H34N4/c1-23-15-25(3)37(26(4)16-23)35-13-11-29-7-9-31-19-33(21-43-39(31)41(29)45-35)34-20-32-10-8-30-12-14-36(46-42(30)40(32)44-22-34)38-27(5)17-24(2)18-28(38)6/h7-22H,1-6H3. The van der Waals surface area contributed by atoms with Crippen LogP contribution in [0.2, 0.25) is 0 Å². The SMILES string of the molecule is Cc1cc(C)c(-c2ccc3ccc4cc(-c5cnc6c(ccc7ccc(-c8c(C)cc(C)cc8C)nc76)c5)cnc4c3n2)c(C)c1. The summed E-state index contributed by atoms with van der Waals surface area (Å²) in [7, 11) is 0. The fourth-order valence-corrected chi connectivity index (χ4v) is 7.32. The highest BCUT2D eigenvalue weighted by Gasteiger charge is 2.14. The number of aromatic nitrogens is 4. The molecule has 0 saturated carbocycles. The second-order valence-electron chi connectivity index (χ2n) is 12.8. The van der Waals surface area contributed by atoms with Crippen LogP contribution < -0.4 is 0 Å². The summed E-state index contributed by atoms with van der Waals surface area (Å²) in [4.78, 5) is 20.3. The summed E-state index contributed by atoms with van der Waals surface area (Å²) in [5.74, 6) is 0. The van der Waals surface area contributed by atoms with Gasteiger partial charge >= 0.3 is 0 Å². The highest BCUT2D eigenvalue weighted by molar-refractivity contribution is 6.06. The lowest BCUT2D eigenvalue weighted by atomic mass is 9.96. The minimum atomic E-state index is 0.906. The molecular formula is C42H34N4. The average Bonchev–Trinajstić information content (AvgIpc) is 3.03. The van der Waals surface area contributed by atoms with Gasteiger partial charge in [0.05, 0.1) is 33.5 Å². The van der Waals surface area contributed by atoms with Crippen molar-refractivity contribution in [1.82, 2.24) is 19.9 Å². The largest absolute Gasteiger partial charge is 0.253 e. The first-order chi connectivity index (χ1) is 22.2. The average molecular weight is 595 g/mol. The molecule has 0 unspecified atom stereocenters. The molecule has 4 aromatic carbocycles. The Labute approximate surface area is 268 Å². The van der Waals surface area contributed by atoms with E-state index < -0.39 is 0 Å². The Morgan fingerprint density at radius 3 is 1.11 bits per heavy atom. The van der Waals surface area contributed by atoms with Gasteiger partial charge in [-0.3, -0.25) is 9.97 Å². The van der Waals surface area contributed by atoms with Gasteiger partial charge in [-0.15, -0.1) is 0 Å². The van der Waals surface area contributed by atoms with Gasteiger partial charge in [0.25, 0.3) is 0 Å². The summed E-state index contributed by atoms with van der Waals surface area (Å²) in [5, 5.41) is 4.28. The molecule has 4 heteroatoms. The van der Waals surface area contributed by atoms with E-state index in [9.17, 15) is 0 Å². The first kappa shape index (κ1) is 28.0. The first-order valence-electron chi connectivity index (χ1n) is 15.8. The molecule has 0 N–H and O–H groups in total. The lowest BCUT2D eigenvalue weighted by Crippen LogP contribution is -1.95. The van der Waals surface area contributed by atoms with E-state index in [1.807, 2.05) is 12.4 Å². The molecule has 0 saturated heterocycles. The van der Waals surface area contributed by atoms with Crippen LogP contribution >= 0.6 is 0 Å². The number of hydrogen-bond donors (Lipinski definition) is 0. The van der Waals surface area contributed by atoms with Crippen LogP contribution in [-0.2, 0) is 0 Å². The number of rotatable bonds is 3. The van der Waals surface area contributed by atoms with Gasteiger partial charge in [0.15, 0.2) is 0 Å². The summed E-state index contributed by atoms with van der Waals surface area (Å²) in [6.07, 6.45) is 3.89. The van der Waals surface area contributed by atoms with E-state index in [1.54, 1.807) is 0 Å². The number of benzene rings is 4. The van der Waals surface area contributed by atoms with Crippen molar-refractivity contribution in [3.8, 4) is 33.6 Å². The van der Waals surface area contributed by atoms with Crippen molar-refractivity contribution in [1.29, 1.82) is 0 Å². The van der Waals surface area contributed by atoms with E-state index in [4.69, 9.17) is 19.9 Å². The number of nitrogens with zero attached hydrogens (tertiary/aromatic N) is 4. The minimum absolute atomic E-state index is 0.906. The molecule has 0 aliphatic heterocycles. The molecule has 0 atom stereocenters. The molecule has 8 aromatic rings. The minimum Gasteiger partial charge on any atom is -0.253 e. The van der Waals surface area contributed by atoms with Crippen molar-refractivity contribution < 1.29 is 0 Å². The molecule has 0 amide bonds. The van der Waals surface area contributed by atoms with Crippen LogP contribution in [0.5, 0.6) is 0 Å². The van der Waals surface area contributed by atoms with Crippen LogP contribution in [0.4, 0.5) is 0 Å². The van der Waals surface area contributed by atoms with Crippen LogP contribution in [0.25, 0.3) is 77.3 Å². The maximum atomic E-state index is 5.16. The van der Waals surface area contributed by atoms with Gasteiger partial charge in [-0.2, -0.15) is 0 Å². The van der Waals surface area contributed by atoms with Crippen LogP contribution in [0, 0.1) is 41.5 Å². The molecule has 4 aromatic heterocycles. The fourth-order valence-electron chi connectivity index (χ4n) is 7.32. The lowest BCUT2D eigenvalue weighted by Gasteiger charge is -2.13. The monoisotopic (exact) mass is 594 g/mol. The van der Waals surface area contributed by atoms with Crippen LogP contribution in [-0.4, -0.2) is 19.9 Å². The van der Waals surface area contributed by atoms with Gasteiger partial charge in [-0.25, -0.2) is 9.97 Å². The predicted octanol–water partition coefficient (Wildman–Crippen LogP) is 10.7. The number of aryl methyl sites for hydroxylation is 6. The van der Waals surface area contributed by atoms with Gasteiger partial charge in [-0.05, 0) is 88.1 Å². The molecule has 46 heavy (non-hydrogen) atoms. The molecule has 0 fully saturated rings. The smallest absolute Gasteiger partial charge is 0.0972 e. The number of fused-ring (bicyclic) bond motifs is 6. The Morgan fingerprint density at radius 2 is 0.717 bits per heavy atom. The highest BCUT2D eigenvalue weighted by Crippen LogP contribution is 2.34. The van der Waals surface area contributed by atoms with E-state index in [0.717, 1.165) is 66.1 Å². The second kappa shape index (κ2) is 10.6. The van der Waals surface area contributed by atoms with E-state index in [0.29, 0.717) is 0 Å². The summed E-state index contributed by atoms with van der Waals surface area (Å²) in [5.41, 5.74) is 17.6. The molecule has 0 radical (unpaired) electrons. The zero-order valence-electron chi connectivity index (χ0n) is 27.0. The van der Waals surface area contributed by atoms with Crippen molar-refractivity contribution in [3.63, 3.8) is 0 Å². The van der Waals surface area contributed by atoms with Crippen LogP contribution in [0.3, 0.4) is 0 Å². The summed E-state index contributed by atoms with van der Waals surface area (Å²) < 4.78 is 0. The Hall–Kier alpha value is -5.48. The first-order valence-corrected chi connectivity index (χ1v) is 15.8. The van der Waals surface area contributed by atoms with Crippen molar-refractivity contribution >= 4 is 43.6 Å². The number of pyridine rings is 4. The van der Waals surface area contributed by atoms with Gasteiger partial charge in [0.2, 0.25) is 0 Å². The zero-order valence-corrected chi connectivity index (χ0v) is 27.0. The summed E-state index contributed by atoms with van der Waals surface area (Å²) >= 11 is 0. The molecule has 8 rings (SSSR count). The zero-order chi connectivity index (χ0) is 31.7. The third kappa shape index (κ3) is 4.60. The Morgan fingerprint density at radius 1 is 0.370 bits per heavy atom. The molecule has 0 aliphatic rings. The van der Waals surface area contributed by atoms with E-state index in [2.05, 4.69) is 126 Å². The van der Waals surface area contributed by atoms with E-state index in [-0.39, 0.29) is 0 Å². The van der Waals surface area contributed by atoms with Gasteiger partial charge in [0, 0.05) is 56.2 Å². The molecule has 4 heterocycles. The maximum absolute atomic E-state index is 5.16. The normalized spacial score (nSPS) is 11.7. The second-order valence-corrected chi connectivity index (χ2v) is 12.8. The highest BCUT2D eigenvalue weighted by atomic mass is 14.8. The third-order valence-electron chi connectivity index (χ3n) is 9.22. The van der Waals surface area contributed by atoms with Crippen molar-refractivity contribution in [2.24, 2.45) is 0 Å². The Kier molecular flexibility index (Phi) is 6.43. The molecule has 4 nitrogen and oxygen atoms in total. The van der Waals surface area contributed by atoms with Crippen molar-refractivity contribution in [2.45, 2.75) is 41.5 Å². The van der Waals surface area contributed by atoms with Crippen molar-refractivity contribution in [3.05, 3.63) is 131 Å². The summed E-state index contributed by atoms with van der Waals surface area (Å²) in [6.45, 7) is 12.9. The van der Waals surface area contributed by atoms with E-state index >= 15 is 0 Å². The van der Waals surface area contributed by atoms with Gasteiger partial charge < -0.3 is 0 Å². The predicted molar refractivity (Wildman–Crippen MR) is 192 cm³/mol.